The molecule has 0 aliphatic carbocycles. The van der Waals surface area contributed by atoms with Gasteiger partial charge in [-0.3, -0.25) is 0 Å². The van der Waals surface area contributed by atoms with Gasteiger partial charge in [0.05, 0.1) is 0 Å². The first-order chi connectivity index (χ1) is 3.91. The van der Waals surface area contributed by atoms with Gasteiger partial charge < -0.3 is 10.6 Å². The van der Waals surface area contributed by atoms with E-state index in [1.54, 1.807) is 0 Å². The second-order valence-electron chi connectivity index (χ2n) is 1.45. The fourth-order valence-electron chi connectivity index (χ4n) is 0.354. The van der Waals surface area contributed by atoms with Crippen LogP contribution in [0.1, 0.15) is 13.8 Å². The van der Waals surface area contributed by atoms with Gasteiger partial charge in [0.25, 0.3) is 0 Å². The van der Waals surface area contributed by atoms with Crippen LogP contribution in [0.2, 0.25) is 0 Å². The van der Waals surface area contributed by atoms with Crippen LogP contribution in [0.15, 0.2) is 12.4 Å². The maximum absolute atomic E-state index is 3.04. The van der Waals surface area contributed by atoms with Crippen molar-refractivity contribution < 1.29 is 0 Å². The molecule has 0 unspecified atom stereocenters. The van der Waals surface area contributed by atoms with E-state index in [1.165, 1.54) is 0 Å². The molecule has 0 aliphatic rings. The second-order valence-corrected chi connectivity index (χ2v) is 1.45. The van der Waals surface area contributed by atoms with E-state index < -0.39 is 0 Å². The summed E-state index contributed by atoms with van der Waals surface area (Å²) in [6, 6.07) is 0. The fourth-order valence-corrected chi connectivity index (χ4v) is 0.354. The quantitative estimate of drug-likeness (QED) is 0.561. The fraction of sp³-hybridized carbons (Fsp3) is 0.667. The van der Waals surface area contributed by atoms with Crippen molar-refractivity contribution >= 4 is 0 Å². The van der Waals surface area contributed by atoms with E-state index >= 15 is 0 Å². The van der Waals surface area contributed by atoms with Gasteiger partial charge in [-0.2, -0.15) is 0 Å². The molecule has 0 rings (SSSR count). The van der Waals surface area contributed by atoms with Crippen molar-refractivity contribution in [2.24, 2.45) is 0 Å². The molecule has 0 bridgehead atoms. The Bertz CT molecular complexity index is 51.5. The predicted octanol–water partition coefficient (Wildman–Crippen LogP) is 0.677. The van der Waals surface area contributed by atoms with Crippen LogP contribution >= 0.6 is 0 Å². The van der Waals surface area contributed by atoms with Crippen LogP contribution in [0.3, 0.4) is 0 Å². The van der Waals surface area contributed by atoms with E-state index in [-0.39, 0.29) is 0 Å². The zero-order chi connectivity index (χ0) is 6.24. The summed E-state index contributed by atoms with van der Waals surface area (Å²) in [5.74, 6) is 0. The molecular weight excluding hydrogens is 100 g/mol. The average Bonchev–Trinajstić information content (AvgIpc) is 1.81. The van der Waals surface area contributed by atoms with Gasteiger partial charge in [0.15, 0.2) is 0 Å². The smallest absolute Gasteiger partial charge is 0.0124 e. The molecule has 8 heavy (non-hydrogen) atoms. The molecule has 0 aromatic heterocycles. The summed E-state index contributed by atoms with van der Waals surface area (Å²) >= 11 is 0. The highest BCUT2D eigenvalue weighted by atomic mass is 14.9. The predicted molar refractivity (Wildman–Crippen MR) is 36.5 cm³/mol. The zero-order valence-electron chi connectivity index (χ0n) is 5.57. The Morgan fingerprint density at radius 1 is 1.00 bits per heavy atom. The maximum atomic E-state index is 3.04. The van der Waals surface area contributed by atoms with Crippen molar-refractivity contribution in [2.45, 2.75) is 13.8 Å². The molecule has 0 atom stereocenters. The van der Waals surface area contributed by atoms with Crippen molar-refractivity contribution in [2.75, 3.05) is 13.1 Å². The highest BCUT2D eigenvalue weighted by molar-refractivity contribution is 4.74. The van der Waals surface area contributed by atoms with E-state index in [0.717, 1.165) is 13.1 Å². The molecule has 0 fully saturated rings. The lowest BCUT2D eigenvalue weighted by Gasteiger charge is -1.92. The Morgan fingerprint density at radius 2 is 1.38 bits per heavy atom. The average molecular weight is 114 g/mol. The second kappa shape index (κ2) is 6.34. The van der Waals surface area contributed by atoms with Gasteiger partial charge in [-0.05, 0) is 13.8 Å². The molecule has 0 heterocycles. The monoisotopic (exact) mass is 114 g/mol. The van der Waals surface area contributed by atoms with Crippen LogP contribution in [-0.4, -0.2) is 13.1 Å². The zero-order valence-corrected chi connectivity index (χ0v) is 5.57. The van der Waals surface area contributed by atoms with Crippen molar-refractivity contribution in [1.29, 1.82) is 0 Å². The highest BCUT2D eigenvalue weighted by Crippen LogP contribution is 1.59. The minimum atomic E-state index is 0.988. The Hall–Kier alpha value is -0.660. The molecule has 0 aromatic carbocycles. The summed E-state index contributed by atoms with van der Waals surface area (Å²) in [4.78, 5) is 0. The third-order valence-electron chi connectivity index (χ3n) is 0.727. The van der Waals surface area contributed by atoms with Gasteiger partial charge in [-0.1, -0.05) is 0 Å². The first kappa shape index (κ1) is 7.34. The minimum Gasteiger partial charge on any atom is -0.390 e. The summed E-state index contributed by atoms with van der Waals surface area (Å²) in [7, 11) is 0. The lowest BCUT2D eigenvalue weighted by atomic mass is 10.7. The normalized spacial score (nSPS) is 9.75. The molecule has 0 spiro atoms. The van der Waals surface area contributed by atoms with Crippen LogP contribution in [0.25, 0.3) is 0 Å². The first-order valence-corrected chi connectivity index (χ1v) is 3.03. The standard InChI is InChI=1S/C6H14N2/c1-3-7-5-6-8-4-2/h5-8H,3-4H2,1-2H3/b6-5+. The van der Waals surface area contributed by atoms with Crippen molar-refractivity contribution in [3.8, 4) is 0 Å². The summed E-state index contributed by atoms with van der Waals surface area (Å²) in [6.45, 7) is 6.11. The molecule has 0 radical (unpaired) electrons. The molecule has 0 aliphatic heterocycles. The van der Waals surface area contributed by atoms with E-state index in [9.17, 15) is 0 Å². The molecule has 48 valence electrons. The lowest BCUT2D eigenvalue weighted by molar-refractivity contribution is 0.870. The van der Waals surface area contributed by atoms with Crippen molar-refractivity contribution in [3.63, 3.8) is 0 Å². The lowest BCUT2D eigenvalue weighted by Crippen LogP contribution is -2.07. The number of rotatable bonds is 4. The largest absolute Gasteiger partial charge is 0.390 e. The van der Waals surface area contributed by atoms with Gasteiger partial charge in [0.1, 0.15) is 0 Å². The SMILES string of the molecule is CCN/C=C/NCC. The third-order valence-corrected chi connectivity index (χ3v) is 0.727. The Kier molecular flexibility index (Phi) is 5.82. The maximum Gasteiger partial charge on any atom is 0.0124 e. The molecule has 0 amide bonds. The van der Waals surface area contributed by atoms with Gasteiger partial charge in [0, 0.05) is 25.5 Å². The molecule has 2 nitrogen and oxygen atoms in total. The summed E-state index contributed by atoms with van der Waals surface area (Å²) < 4.78 is 0. The third kappa shape index (κ3) is 5.34. The van der Waals surface area contributed by atoms with E-state index in [2.05, 4.69) is 24.5 Å². The Morgan fingerprint density at radius 3 is 1.62 bits per heavy atom. The van der Waals surface area contributed by atoms with Crippen LogP contribution in [0.4, 0.5) is 0 Å². The molecule has 2 heteroatoms. The van der Waals surface area contributed by atoms with Crippen molar-refractivity contribution in [3.05, 3.63) is 12.4 Å². The van der Waals surface area contributed by atoms with Gasteiger partial charge in [-0.25, -0.2) is 0 Å². The molecule has 0 aromatic rings. The summed E-state index contributed by atoms with van der Waals surface area (Å²) in [5, 5.41) is 6.08. The van der Waals surface area contributed by atoms with Crippen LogP contribution in [0.5, 0.6) is 0 Å². The van der Waals surface area contributed by atoms with Gasteiger partial charge >= 0.3 is 0 Å². The van der Waals surface area contributed by atoms with Crippen LogP contribution in [-0.2, 0) is 0 Å². The van der Waals surface area contributed by atoms with E-state index in [1.807, 2.05) is 12.4 Å². The Balaban J connectivity index is 2.83. The van der Waals surface area contributed by atoms with Gasteiger partial charge in [0.2, 0.25) is 0 Å². The minimum absolute atomic E-state index is 0.988. The van der Waals surface area contributed by atoms with Gasteiger partial charge in [-0.15, -0.1) is 0 Å². The Labute approximate surface area is 51.0 Å². The molecular formula is C6H14N2. The van der Waals surface area contributed by atoms with E-state index in [4.69, 9.17) is 0 Å². The van der Waals surface area contributed by atoms with E-state index in [0.29, 0.717) is 0 Å². The van der Waals surface area contributed by atoms with Crippen molar-refractivity contribution in [1.82, 2.24) is 10.6 Å². The first-order valence-electron chi connectivity index (χ1n) is 3.03. The number of hydrogen-bond acceptors (Lipinski definition) is 2. The molecule has 2 N–H and O–H groups in total. The van der Waals surface area contributed by atoms with Crippen LogP contribution < -0.4 is 10.6 Å². The topological polar surface area (TPSA) is 24.1 Å². The highest BCUT2D eigenvalue weighted by Gasteiger charge is 1.65. The summed E-state index contributed by atoms with van der Waals surface area (Å²) in [6.07, 6.45) is 3.81. The van der Waals surface area contributed by atoms with Crippen LogP contribution in [0, 0.1) is 0 Å². The number of hydrogen-bond donors (Lipinski definition) is 2. The molecule has 0 saturated carbocycles. The summed E-state index contributed by atoms with van der Waals surface area (Å²) in [5.41, 5.74) is 0. The molecule has 0 saturated heterocycles. The number of nitrogens with one attached hydrogen (secondary N) is 2.